The summed E-state index contributed by atoms with van der Waals surface area (Å²) in [5, 5.41) is 13.3. The van der Waals surface area contributed by atoms with E-state index in [1.165, 1.54) is 11.1 Å². The molecule has 1 fully saturated rings. The number of para-hydroxylation sites is 1. The van der Waals surface area contributed by atoms with Crippen molar-refractivity contribution < 1.29 is 0 Å². The minimum atomic E-state index is -0.0761. The van der Waals surface area contributed by atoms with Gasteiger partial charge in [0.15, 0.2) is 5.82 Å². The van der Waals surface area contributed by atoms with Gasteiger partial charge in [-0.2, -0.15) is 4.68 Å². The third-order valence-electron chi connectivity index (χ3n) is 7.65. The van der Waals surface area contributed by atoms with E-state index in [9.17, 15) is 0 Å². The lowest BCUT2D eigenvalue weighted by Crippen LogP contribution is -2.48. The highest BCUT2D eigenvalue weighted by molar-refractivity contribution is 5.49. The Morgan fingerprint density at radius 2 is 1.60 bits per heavy atom. The standard InChI is InChI=1S/C32H34N8/c1-25-8-6-9-26(2)30(25)40-32(34-35-36-40)31(28-13-15-29(16-14-28)39-19-17-33-24-39)38-22-20-37(21-23-38)18-7-12-27-10-4-3-5-11-27/h3-17,19,24,31H,18,20-23H2,1-2H3/b12-7+/t31-/m1/s1. The molecule has 0 N–H and O–H groups in total. The first-order valence-corrected chi connectivity index (χ1v) is 13.8. The molecule has 0 aliphatic carbocycles. The molecule has 0 radical (unpaired) electrons. The maximum Gasteiger partial charge on any atom is 0.178 e. The molecule has 1 aliphatic rings. The molecule has 40 heavy (non-hydrogen) atoms. The molecule has 5 aromatic rings. The van der Waals surface area contributed by atoms with Crippen molar-refractivity contribution in [1.82, 2.24) is 39.6 Å². The van der Waals surface area contributed by atoms with Crippen LogP contribution >= 0.6 is 0 Å². The Morgan fingerprint density at radius 3 is 2.30 bits per heavy atom. The molecule has 202 valence electrons. The van der Waals surface area contributed by atoms with Gasteiger partial charge in [0, 0.05) is 50.8 Å². The van der Waals surface area contributed by atoms with Crippen LogP contribution in [0.25, 0.3) is 17.5 Å². The van der Waals surface area contributed by atoms with E-state index in [0.717, 1.165) is 61.0 Å². The number of hydrogen-bond donors (Lipinski definition) is 0. The van der Waals surface area contributed by atoms with Crippen molar-refractivity contribution in [2.75, 3.05) is 32.7 Å². The number of aromatic nitrogens is 6. The van der Waals surface area contributed by atoms with Gasteiger partial charge in [0.25, 0.3) is 0 Å². The summed E-state index contributed by atoms with van der Waals surface area (Å²) in [6.07, 6.45) is 10.0. The number of hydrogen-bond acceptors (Lipinski definition) is 6. The van der Waals surface area contributed by atoms with Crippen LogP contribution in [0.5, 0.6) is 0 Å². The van der Waals surface area contributed by atoms with Crippen LogP contribution in [0.15, 0.2) is 97.6 Å². The molecule has 0 saturated carbocycles. The molecule has 0 unspecified atom stereocenters. The number of imidazole rings is 1. The lowest BCUT2D eigenvalue weighted by atomic mass is 10.0. The van der Waals surface area contributed by atoms with Crippen molar-refractivity contribution in [3.05, 3.63) is 126 Å². The van der Waals surface area contributed by atoms with Gasteiger partial charge in [0.2, 0.25) is 0 Å². The van der Waals surface area contributed by atoms with Gasteiger partial charge in [0.05, 0.1) is 18.1 Å². The molecule has 3 aromatic carbocycles. The van der Waals surface area contributed by atoms with E-state index in [-0.39, 0.29) is 6.04 Å². The van der Waals surface area contributed by atoms with Crippen molar-refractivity contribution in [3.63, 3.8) is 0 Å². The maximum absolute atomic E-state index is 4.62. The summed E-state index contributed by atoms with van der Waals surface area (Å²) in [6.45, 7) is 8.98. The molecular weight excluding hydrogens is 496 g/mol. The zero-order valence-corrected chi connectivity index (χ0v) is 23.0. The Labute approximate surface area is 235 Å². The number of benzene rings is 3. The van der Waals surface area contributed by atoms with Crippen LogP contribution in [0.3, 0.4) is 0 Å². The number of rotatable bonds is 8. The fourth-order valence-corrected chi connectivity index (χ4v) is 5.53. The topological polar surface area (TPSA) is 67.9 Å². The molecule has 1 saturated heterocycles. The molecular formula is C32H34N8. The van der Waals surface area contributed by atoms with Crippen LogP contribution in [0.4, 0.5) is 0 Å². The van der Waals surface area contributed by atoms with Gasteiger partial charge < -0.3 is 4.57 Å². The number of nitrogens with zero attached hydrogens (tertiary/aromatic N) is 8. The number of aryl methyl sites for hydroxylation is 2. The van der Waals surface area contributed by atoms with Crippen LogP contribution in [0.2, 0.25) is 0 Å². The molecule has 3 heterocycles. The van der Waals surface area contributed by atoms with Gasteiger partial charge in [-0.05, 0) is 58.7 Å². The molecule has 6 rings (SSSR count). The Hall–Kier alpha value is -4.40. The fourth-order valence-electron chi connectivity index (χ4n) is 5.53. The lowest BCUT2D eigenvalue weighted by Gasteiger charge is -2.38. The average molecular weight is 531 g/mol. The molecule has 0 bridgehead atoms. The molecule has 2 aromatic heterocycles. The Balaban J connectivity index is 1.27. The van der Waals surface area contributed by atoms with Crippen LogP contribution in [0, 0.1) is 13.8 Å². The smallest absolute Gasteiger partial charge is 0.178 e. The quantitative estimate of drug-likeness (QED) is 0.285. The maximum atomic E-state index is 4.62. The normalized spacial score (nSPS) is 15.6. The predicted octanol–water partition coefficient (Wildman–Crippen LogP) is 4.89. The van der Waals surface area contributed by atoms with Gasteiger partial charge in [-0.25, -0.2) is 4.98 Å². The van der Waals surface area contributed by atoms with E-state index in [1.807, 2.05) is 21.8 Å². The second-order valence-electron chi connectivity index (χ2n) is 10.3. The van der Waals surface area contributed by atoms with E-state index in [2.05, 4.69) is 129 Å². The summed E-state index contributed by atoms with van der Waals surface area (Å²) < 4.78 is 3.95. The zero-order valence-electron chi connectivity index (χ0n) is 23.0. The molecule has 0 amide bonds. The van der Waals surface area contributed by atoms with Crippen molar-refractivity contribution in [3.8, 4) is 11.4 Å². The predicted molar refractivity (Wildman–Crippen MR) is 158 cm³/mol. The highest BCUT2D eigenvalue weighted by Crippen LogP contribution is 2.31. The zero-order chi connectivity index (χ0) is 27.3. The van der Waals surface area contributed by atoms with Gasteiger partial charge >= 0.3 is 0 Å². The first-order chi connectivity index (χ1) is 19.7. The third-order valence-corrected chi connectivity index (χ3v) is 7.65. The van der Waals surface area contributed by atoms with Gasteiger partial charge in [-0.1, -0.05) is 72.8 Å². The van der Waals surface area contributed by atoms with E-state index < -0.39 is 0 Å². The molecule has 1 atom stereocenters. The summed E-state index contributed by atoms with van der Waals surface area (Å²) in [6, 6.07) is 25.4. The first-order valence-electron chi connectivity index (χ1n) is 13.8. The van der Waals surface area contributed by atoms with Crippen LogP contribution in [0.1, 0.15) is 34.1 Å². The largest absolute Gasteiger partial charge is 0.306 e. The number of piperazine rings is 1. The highest BCUT2D eigenvalue weighted by atomic mass is 15.6. The third kappa shape index (κ3) is 5.50. The average Bonchev–Trinajstić information content (AvgIpc) is 3.69. The Kier molecular flexibility index (Phi) is 7.61. The van der Waals surface area contributed by atoms with E-state index in [1.54, 1.807) is 6.20 Å². The van der Waals surface area contributed by atoms with Crippen molar-refractivity contribution >= 4 is 6.08 Å². The Bertz CT molecular complexity index is 1530. The van der Waals surface area contributed by atoms with Crippen molar-refractivity contribution in [2.24, 2.45) is 0 Å². The second-order valence-corrected chi connectivity index (χ2v) is 10.3. The van der Waals surface area contributed by atoms with Crippen LogP contribution in [-0.2, 0) is 0 Å². The van der Waals surface area contributed by atoms with Crippen LogP contribution < -0.4 is 0 Å². The van der Waals surface area contributed by atoms with E-state index >= 15 is 0 Å². The summed E-state index contributed by atoms with van der Waals surface area (Å²) in [7, 11) is 0. The van der Waals surface area contributed by atoms with Gasteiger partial charge in [0.1, 0.15) is 0 Å². The summed E-state index contributed by atoms with van der Waals surface area (Å²) in [4.78, 5) is 9.21. The minimum absolute atomic E-state index is 0.0761. The molecule has 0 spiro atoms. The minimum Gasteiger partial charge on any atom is -0.306 e. The molecule has 8 heteroatoms. The number of tetrazole rings is 1. The van der Waals surface area contributed by atoms with E-state index in [0.29, 0.717) is 0 Å². The monoisotopic (exact) mass is 530 g/mol. The van der Waals surface area contributed by atoms with Gasteiger partial charge in [-0.15, -0.1) is 5.10 Å². The molecule has 1 aliphatic heterocycles. The van der Waals surface area contributed by atoms with Crippen molar-refractivity contribution in [2.45, 2.75) is 19.9 Å². The second kappa shape index (κ2) is 11.8. The van der Waals surface area contributed by atoms with E-state index in [4.69, 9.17) is 0 Å². The first kappa shape index (κ1) is 25.9. The summed E-state index contributed by atoms with van der Waals surface area (Å²) in [5.41, 5.74) is 6.83. The molecule has 8 nitrogen and oxygen atoms in total. The fraction of sp³-hybridized carbons (Fsp3) is 0.250. The van der Waals surface area contributed by atoms with Gasteiger partial charge in [-0.3, -0.25) is 9.80 Å². The lowest BCUT2D eigenvalue weighted by molar-refractivity contribution is 0.113. The summed E-state index contributed by atoms with van der Waals surface area (Å²) in [5.74, 6) is 0.838. The summed E-state index contributed by atoms with van der Waals surface area (Å²) >= 11 is 0. The van der Waals surface area contributed by atoms with Crippen LogP contribution in [-0.4, -0.2) is 72.3 Å². The SMILES string of the molecule is Cc1cccc(C)c1-n1nnnc1[C@@H](c1ccc(-n2ccnc2)cc1)N1CCN(C/C=C/c2ccccc2)CC1. The Morgan fingerprint density at radius 1 is 0.850 bits per heavy atom. The van der Waals surface area contributed by atoms with Crippen molar-refractivity contribution in [1.29, 1.82) is 0 Å². The highest BCUT2D eigenvalue weighted by Gasteiger charge is 2.31.